The first-order valence-corrected chi connectivity index (χ1v) is 9.94. The summed E-state index contributed by atoms with van der Waals surface area (Å²) in [6, 6.07) is 18.1. The minimum Gasteiger partial charge on any atom is -0.472 e. The van der Waals surface area contributed by atoms with Gasteiger partial charge in [-0.2, -0.15) is 18.4 Å². The lowest BCUT2D eigenvalue weighted by Crippen LogP contribution is -2.25. The van der Waals surface area contributed by atoms with E-state index < -0.39 is 11.7 Å². The number of nitrogens with zero attached hydrogens (tertiary/aromatic N) is 3. The number of carbonyl (C=O) groups excluding carboxylic acids is 1. The van der Waals surface area contributed by atoms with Crippen molar-refractivity contribution in [3.05, 3.63) is 89.1 Å². The lowest BCUT2D eigenvalue weighted by molar-refractivity contribution is -0.137. The molecule has 1 aromatic heterocycles. The van der Waals surface area contributed by atoms with Gasteiger partial charge >= 0.3 is 6.18 Å². The molecule has 1 aliphatic heterocycles. The van der Waals surface area contributed by atoms with Gasteiger partial charge in [-0.15, -0.1) is 0 Å². The molecule has 0 spiro atoms. The maximum Gasteiger partial charge on any atom is 0.417 e. The monoisotopic (exact) mass is 437 g/mol. The van der Waals surface area contributed by atoms with Gasteiger partial charge in [0.2, 0.25) is 5.88 Å². The van der Waals surface area contributed by atoms with Crippen molar-refractivity contribution in [2.24, 2.45) is 0 Å². The van der Waals surface area contributed by atoms with E-state index in [2.05, 4.69) is 11.1 Å². The molecule has 32 heavy (non-hydrogen) atoms. The van der Waals surface area contributed by atoms with Crippen LogP contribution in [0.4, 0.5) is 18.9 Å². The molecule has 162 valence electrons. The molecule has 0 N–H and O–H groups in total. The molecular formula is C24H18F3N3O2. The predicted molar refractivity (Wildman–Crippen MR) is 112 cm³/mol. The van der Waals surface area contributed by atoms with E-state index in [-0.39, 0.29) is 17.8 Å². The number of ketones is 1. The van der Waals surface area contributed by atoms with Crippen molar-refractivity contribution in [2.75, 3.05) is 18.0 Å². The van der Waals surface area contributed by atoms with Gasteiger partial charge in [0.15, 0.2) is 5.78 Å². The van der Waals surface area contributed by atoms with Crippen LogP contribution in [0.1, 0.15) is 33.5 Å². The Hall–Kier alpha value is -3.86. The Balaban J connectivity index is 1.45. The summed E-state index contributed by atoms with van der Waals surface area (Å²) in [5.74, 6) is -0.0428. The zero-order valence-electron chi connectivity index (χ0n) is 16.8. The van der Waals surface area contributed by atoms with Crippen LogP contribution in [0.25, 0.3) is 0 Å². The fourth-order valence-electron chi connectivity index (χ4n) is 3.63. The van der Waals surface area contributed by atoms with Crippen LogP contribution < -0.4 is 9.64 Å². The Morgan fingerprint density at radius 3 is 2.53 bits per heavy atom. The highest BCUT2D eigenvalue weighted by Crippen LogP contribution is 2.30. The number of ether oxygens (including phenoxy) is 1. The topological polar surface area (TPSA) is 66.2 Å². The van der Waals surface area contributed by atoms with Crippen molar-refractivity contribution in [3.8, 4) is 11.9 Å². The number of pyridine rings is 1. The zero-order valence-corrected chi connectivity index (χ0v) is 16.8. The highest BCUT2D eigenvalue weighted by atomic mass is 19.4. The Morgan fingerprint density at radius 2 is 1.88 bits per heavy atom. The van der Waals surface area contributed by atoms with E-state index in [9.17, 15) is 23.2 Å². The highest BCUT2D eigenvalue weighted by molar-refractivity contribution is 6.09. The Morgan fingerprint density at radius 1 is 1.09 bits per heavy atom. The number of halogens is 3. The summed E-state index contributed by atoms with van der Waals surface area (Å²) in [6.45, 7) is 1.05. The van der Waals surface area contributed by atoms with E-state index in [4.69, 9.17) is 4.74 Å². The van der Waals surface area contributed by atoms with Crippen molar-refractivity contribution in [3.63, 3.8) is 0 Å². The fourth-order valence-corrected chi connectivity index (χ4v) is 3.63. The molecule has 4 rings (SSSR count). The van der Waals surface area contributed by atoms with Crippen LogP contribution in [-0.2, 0) is 6.18 Å². The molecule has 0 radical (unpaired) electrons. The molecule has 0 unspecified atom stereocenters. The SMILES string of the molecule is N#Cc1cc(C(=O)c2ccccc2)ccc1N1CC[C@H](Oc2ccc(C(F)(F)F)cn2)C1. The van der Waals surface area contributed by atoms with Gasteiger partial charge in [-0.25, -0.2) is 4.98 Å². The van der Waals surface area contributed by atoms with E-state index in [0.717, 1.165) is 12.3 Å². The molecule has 1 atom stereocenters. The lowest BCUT2D eigenvalue weighted by Gasteiger charge is -2.20. The maximum atomic E-state index is 12.7. The first-order valence-electron chi connectivity index (χ1n) is 9.94. The van der Waals surface area contributed by atoms with Gasteiger partial charge in [0.1, 0.15) is 12.2 Å². The van der Waals surface area contributed by atoms with Crippen LogP contribution in [-0.4, -0.2) is 30.0 Å². The molecule has 2 aromatic carbocycles. The molecule has 1 saturated heterocycles. The minimum atomic E-state index is -4.45. The zero-order chi connectivity index (χ0) is 22.7. The van der Waals surface area contributed by atoms with Gasteiger partial charge in [0, 0.05) is 36.4 Å². The fraction of sp³-hybridized carbons (Fsp3) is 0.208. The highest BCUT2D eigenvalue weighted by Gasteiger charge is 2.31. The molecule has 8 heteroatoms. The summed E-state index contributed by atoms with van der Waals surface area (Å²) in [5, 5.41) is 9.63. The summed E-state index contributed by atoms with van der Waals surface area (Å²) in [4.78, 5) is 18.4. The van der Waals surface area contributed by atoms with Gasteiger partial charge in [0.25, 0.3) is 0 Å². The number of hydrogen-bond donors (Lipinski definition) is 0. The van der Waals surface area contributed by atoms with E-state index in [1.165, 1.54) is 6.07 Å². The molecule has 5 nitrogen and oxygen atoms in total. The first-order chi connectivity index (χ1) is 15.3. The van der Waals surface area contributed by atoms with Crippen molar-refractivity contribution in [1.82, 2.24) is 4.98 Å². The Labute approximate surface area is 182 Å². The molecule has 2 heterocycles. The van der Waals surface area contributed by atoms with Crippen LogP contribution in [0, 0.1) is 11.3 Å². The van der Waals surface area contributed by atoms with Gasteiger partial charge in [-0.05, 0) is 24.3 Å². The van der Waals surface area contributed by atoms with Crippen LogP contribution in [0.15, 0.2) is 66.9 Å². The first kappa shape index (κ1) is 21.4. The van der Waals surface area contributed by atoms with Crippen molar-refractivity contribution in [1.29, 1.82) is 5.26 Å². The Kier molecular flexibility index (Phi) is 5.82. The van der Waals surface area contributed by atoms with Gasteiger partial charge in [0.05, 0.1) is 23.4 Å². The average molecular weight is 437 g/mol. The lowest BCUT2D eigenvalue weighted by atomic mass is 10.0. The standard InChI is InChI=1S/C24H18F3N3O2/c25-24(26,27)19-7-9-22(29-14-19)32-20-10-11-30(15-20)21-8-6-17(12-18(21)13-28)23(31)16-4-2-1-3-5-16/h1-9,12,14,20H,10-11,15H2/t20-/m0/s1. The second-order valence-corrected chi connectivity index (χ2v) is 7.40. The summed E-state index contributed by atoms with van der Waals surface area (Å²) in [5.41, 5.74) is 1.20. The van der Waals surface area contributed by atoms with E-state index in [1.807, 2.05) is 11.0 Å². The Bertz CT molecular complexity index is 1160. The molecule has 1 fully saturated rings. The third-order valence-electron chi connectivity index (χ3n) is 5.25. The van der Waals surface area contributed by atoms with E-state index in [0.29, 0.717) is 41.9 Å². The molecule has 0 aliphatic carbocycles. The van der Waals surface area contributed by atoms with Crippen LogP contribution >= 0.6 is 0 Å². The van der Waals surface area contributed by atoms with Crippen molar-refractivity contribution < 1.29 is 22.7 Å². The number of benzene rings is 2. The van der Waals surface area contributed by atoms with E-state index >= 15 is 0 Å². The van der Waals surface area contributed by atoms with Crippen LogP contribution in [0.3, 0.4) is 0 Å². The summed E-state index contributed by atoms with van der Waals surface area (Å²) in [6.07, 6.45) is -3.36. The average Bonchev–Trinajstić information content (AvgIpc) is 3.26. The molecule has 3 aromatic rings. The molecular weight excluding hydrogens is 419 g/mol. The summed E-state index contributed by atoms with van der Waals surface area (Å²) < 4.78 is 43.8. The molecule has 0 saturated carbocycles. The molecule has 0 amide bonds. The number of aromatic nitrogens is 1. The second kappa shape index (κ2) is 8.71. The minimum absolute atomic E-state index is 0.120. The summed E-state index contributed by atoms with van der Waals surface area (Å²) >= 11 is 0. The maximum absolute atomic E-state index is 12.7. The number of anilines is 1. The van der Waals surface area contributed by atoms with Gasteiger partial charge in [-0.1, -0.05) is 30.3 Å². The number of alkyl halides is 3. The summed E-state index contributed by atoms with van der Waals surface area (Å²) in [7, 11) is 0. The largest absolute Gasteiger partial charge is 0.472 e. The quantitative estimate of drug-likeness (QED) is 0.534. The third kappa shape index (κ3) is 4.57. The van der Waals surface area contributed by atoms with Crippen molar-refractivity contribution in [2.45, 2.75) is 18.7 Å². The number of nitriles is 1. The van der Waals surface area contributed by atoms with Gasteiger partial charge in [-0.3, -0.25) is 4.79 Å². The second-order valence-electron chi connectivity index (χ2n) is 7.40. The van der Waals surface area contributed by atoms with Crippen LogP contribution in [0.5, 0.6) is 5.88 Å². The van der Waals surface area contributed by atoms with E-state index in [1.54, 1.807) is 42.5 Å². The smallest absolute Gasteiger partial charge is 0.417 e. The molecule has 0 bridgehead atoms. The van der Waals surface area contributed by atoms with Crippen molar-refractivity contribution >= 4 is 11.5 Å². The van der Waals surface area contributed by atoms with Crippen LogP contribution in [0.2, 0.25) is 0 Å². The predicted octanol–water partition coefficient (Wildman–Crippen LogP) is 4.86. The molecule has 1 aliphatic rings. The normalized spacial score (nSPS) is 15.9. The van der Waals surface area contributed by atoms with Gasteiger partial charge < -0.3 is 9.64 Å². The number of rotatable bonds is 5. The number of hydrogen-bond acceptors (Lipinski definition) is 5. The third-order valence-corrected chi connectivity index (χ3v) is 5.25. The number of carbonyl (C=O) groups is 1.